The fourth-order valence-corrected chi connectivity index (χ4v) is 1.83. The van der Waals surface area contributed by atoms with Crippen molar-refractivity contribution < 1.29 is 19.1 Å². The molecular formula is C13H16N2O4. The predicted octanol–water partition coefficient (Wildman–Crippen LogP) is 0.457. The first-order chi connectivity index (χ1) is 9.10. The Morgan fingerprint density at radius 3 is 3.00 bits per heavy atom. The molecule has 19 heavy (non-hydrogen) atoms. The maximum absolute atomic E-state index is 12.0. The summed E-state index contributed by atoms with van der Waals surface area (Å²) in [5, 5.41) is 5.31. The molecule has 2 rings (SSSR count). The molecular weight excluding hydrogens is 248 g/mol. The monoisotopic (exact) mass is 264 g/mol. The summed E-state index contributed by atoms with van der Waals surface area (Å²) in [7, 11) is 1.53. The summed E-state index contributed by atoms with van der Waals surface area (Å²) < 4.78 is 10.2. The molecule has 0 spiro atoms. The van der Waals surface area contributed by atoms with Crippen molar-refractivity contribution in [2.45, 2.75) is 13.0 Å². The van der Waals surface area contributed by atoms with Crippen LogP contribution in [0.15, 0.2) is 18.2 Å². The number of hydrogen-bond donors (Lipinski definition) is 2. The van der Waals surface area contributed by atoms with E-state index >= 15 is 0 Å². The van der Waals surface area contributed by atoms with Crippen molar-refractivity contribution in [3.8, 4) is 5.75 Å². The zero-order chi connectivity index (χ0) is 13.8. The molecule has 1 heterocycles. The molecule has 0 aliphatic carbocycles. The van der Waals surface area contributed by atoms with Gasteiger partial charge >= 0.3 is 0 Å². The maximum Gasteiger partial charge on any atom is 0.249 e. The zero-order valence-corrected chi connectivity index (χ0v) is 10.9. The van der Waals surface area contributed by atoms with E-state index in [0.29, 0.717) is 11.4 Å². The summed E-state index contributed by atoms with van der Waals surface area (Å²) in [6.45, 7) is 2.09. The Hall–Kier alpha value is -2.08. The summed E-state index contributed by atoms with van der Waals surface area (Å²) in [5.74, 6) is -0.0402. The average molecular weight is 264 g/mol. The molecule has 6 nitrogen and oxygen atoms in total. The molecule has 0 radical (unpaired) electrons. The number of carbonyl (C=O) groups excluding carboxylic acids is 2. The molecule has 2 amide bonds. The molecule has 1 aromatic carbocycles. The van der Waals surface area contributed by atoms with Gasteiger partial charge in [-0.1, -0.05) is 6.07 Å². The minimum Gasteiger partial charge on any atom is -0.495 e. The van der Waals surface area contributed by atoms with Crippen LogP contribution in [0.4, 0.5) is 5.69 Å². The number of amides is 2. The van der Waals surface area contributed by atoms with E-state index in [-0.39, 0.29) is 25.0 Å². The third-order valence-electron chi connectivity index (χ3n) is 2.78. The highest BCUT2D eigenvalue weighted by atomic mass is 16.5. The predicted molar refractivity (Wildman–Crippen MR) is 69.1 cm³/mol. The average Bonchev–Trinajstić information content (AvgIpc) is 2.39. The van der Waals surface area contributed by atoms with Crippen molar-refractivity contribution in [1.29, 1.82) is 0 Å². The molecule has 1 atom stereocenters. The molecule has 0 saturated carbocycles. The highest BCUT2D eigenvalue weighted by Crippen LogP contribution is 2.25. The lowest BCUT2D eigenvalue weighted by Crippen LogP contribution is -2.52. The van der Waals surface area contributed by atoms with E-state index in [1.807, 2.05) is 19.1 Å². The molecule has 102 valence electrons. The Kier molecular flexibility index (Phi) is 4.01. The molecule has 1 unspecified atom stereocenters. The van der Waals surface area contributed by atoms with Gasteiger partial charge in [-0.3, -0.25) is 9.59 Å². The second-order valence-corrected chi connectivity index (χ2v) is 4.33. The SMILES string of the molecule is COc1ccc(C)cc1NC(=O)C1COCC(=O)N1. The zero-order valence-electron chi connectivity index (χ0n) is 10.9. The van der Waals surface area contributed by atoms with Gasteiger partial charge < -0.3 is 20.1 Å². The fourth-order valence-electron chi connectivity index (χ4n) is 1.83. The van der Waals surface area contributed by atoms with Crippen LogP contribution in [0.3, 0.4) is 0 Å². The van der Waals surface area contributed by atoms with Gasteiger partial charge in [0.25, 0.3) is 0 Å². The van der Waals surface area contributed by atoms with Crippen LogP contribution in [0.2, 0.25) is 0 Å². The van der Waals surface area contributed by atoms with Crippen molar-refractivity contribution in [2.75, 3.05) is 25.6 Å². The summed E-state index contributed by atoms with van der Waals surface area (Å²) in [5.41, 5.74) is 1.58. The van der Waals surface area contributed by atoms with E-state index < -0.39 is 6.04 Å². The van der Waals surface area contributed by atoms with Crippen molar-refractivity contribution in [3.05, 3.63) is 23.8 Å². The van der Waals surface area contributed by atoms with Gasteiger partial charge in [0.2, 0.25) is 11.8 Å². The molecule has 0 bridgehead atoms. The van der Waals surface area contributed by atoms with Gasteiger partial charge in [-0.25, -0.2) is 0 Å². The lowest BCUT2D eigenvalue weighted by Gasteiger charge is -2.23. The first-order valence-corrected chi connectivity index (χ1v) is 5.93. The highest BCUT2D eigenvalue weighted by Gasteiger charge is 2.25. The number of ether oxygens (including phenoxy) is 2. The van der Waals surface area contributed by atoms with Crippen LogP contribution in [0, 0.1) is 6.92 Å². The van der Waals surface area contributed by atoms with Crippen LogP contribution in [-0.4, -0.2) is 38.2 Å². The van der Waals surface area contributed by atoms with Gasteiger partial charge in [0.05, 0.1) is 19.4 Å². The summed E-state index contributed by atoms with van der Waals surface area (Å²) in [6.07, 6.45) is 0. The largest absolute Gasteiger partial charge is 0.495 e. The van der Waals surface area contributed by atoms with Gasteiger partial charge in [-0.15, -0.1) is 0 Å². The van der Waals surface area contributed by atoms with Crippen molar-refractivity contribution in [3.63, 3.8) is 0 Å². The number of morpholine rings is 1. The number of carbonyl (C=O) groups is 2. The summed E-state index contributed by atoms with van der Waals surface area (Å²) >= 11 is 0. The maximum atomic E-state index is 12.0. The Bertz CT molecular complexity index is 501. The molecule has 1 fully saturated rings. The molecule has 0 aromatic heterocycles. The van der Waals surface area contributed by atoms with Crippen LogP contribution in [-0.2, 0) is 14.3 Å². The van der Waals surface area contributed by atoms with E-state index in [0.717, 1.165) is 5.56 Å². The van der Waals surface area contributed by atoms with Gasteiger partial charge in [-0.05, 0) is 24.6 Å². The second-order valence-electron chi connectivity index (χ2n) is 4.33. The molecule has 1 aliphatic rings. The third kappa shape index (κ3) is 3.23. The minimum atomic E-state index is -0.675. The molecule has 6 heteroatoms. The van der Waals surface area contributed by atoms with Crippen LogP contribution in [0.5, 0.6) is 5.75 Å². The van der Waals surface area contributed by atoms with Crippen molar-refractivity contribution >= 4 is 17.5 Å². The topological polar surface area (TPSA) is 76.7 Å². The summed E-state index contributed by atoms with van der Waals surface area (Å²) in [6, 6.07) is 4.80. The van der Waals surface area contributed by atoms with Crippen LogP contribution < -0.4 is 15.4 Å². The number of benzene rings is 1. The van der Waals surface area contributed by atoms with Gasteiger partial charge in [0, 0.05) is 0 Å². The van der Waals surface area contributed by atoms with Crippen LogP contribution in [0.1, 0.15) is 5.56 Å². The van der Waals surface area contributed by atoms with E-state index in [2.05, 4.69) is 10.6 Å². The quantitative estimate of drug-likeness (QED) is 0.831. The van der Waals surface area contributed by atoms with Gasteiger partial charge in [0.15, 0.2) is 0 Å². The van der Waals surface area contributed by atoms with Gasteiger partial charge in [-0.2, -0.15) is 0 Å². The minimum absolute atomic E-state index is 0.00243. The highest BCUT2D eigenvalue weighted by molar-refractivity contribution is 5.98. The Balaban J connectivity index is 2.09. The standard InChI is InChI=1S/C13H16N2O4/c1-8-3-4-11(18-2)9(5-8)15-13(17)10-6-19-7-12(16)14-10/h3-5,10H,6-7H2,1-2H3,(H,14,16)(H,15,17). The number of nitrogens with one attached hydrogen (secondary N) is 2. The number of methoxy groups -OCH3 is 1. The summed E-state index contributed by atoms with van der Waals surface area (Å²) in [4.78, 5) is 23.2. The van der Waals surface area contributed by atoms with E-state index in [9.17, 15) is 9.59 Å². The van der Waals surface area contributed by atoms with E-state index in [4.69, 9.17) is 9.47 Å². The lowest BCUT2D eigenvalue weighted by molar-refractivity contribution is -0.136. The number of aryl methyl sites for hydroxylation is 1. The molecule has 1 aromatic rings. The third-order valence-corrected chi connectivity index (χ3v) is 2.78. The van der Waals surface area contributed by atoms with Crippen molar-refractivity contribution in [2.24, 2.45) is 0 Å². The number of hydrogen-bond acceptors (Lipinski definition) is 4. The normalized spacial score (nSPS) is 18.6. The first kappa shape index (κ1) is 13.4. The fraction of sp³-hybridized carbons (Fsp3) is 0.385. The molecule has 2 N–H and O–H groups in total. The number of anilines is 1. The smallest absolute Gasteiger partial charge is 0.249 e. The second kappa shape index (κ2) is 5.71. The van der Waals surface area contributed by atoms with Crippen molar-refractivity contribution in [1.82, 2.24) is 5.32 Å². The molecule has 1 aliphatic heterocycles. The Labute approximate surface area is 111 Å². The van der Waals surface area contributed by atoms with Gasteiger partial charge in [0.1, 0.15) is 18.4 Å². The lowest BCUT2D eigenvalue weighted by atomic mass is 10.2. The first-order valence-electron chi connectivity index (χ1n) is 5.93. The molecule has 1 saturated heterocycles. The van der Waals surface area contributed by atoms with Crippen LogP contribution >= 0.6 is 0 Å². The van der Waals surface area contributed by atoms with E-state index in [1.165, 1.54) is 7.11 Å². The van der Waals surface area contributed by atoms with Crippen LogP contribution in [0.25, 0.3) is 0 Å². The number of rotatable bonds is 3. The Morgan fingerprint density at radius 2 is 2.32 bits per heavy atom. The van der Waals surface area contributed by atoms with E-state index in [1.54, 1.807) is 6.07 Å². The Morgan fingerprint density at radius 1 is 1.53 bits per heavy atom.